The molecule has 0 amide bonds. The van der Waals surface area contributed by atoms with Crippen LogP contribution in [0, 0.1) is 0 Å². The Morgan fingerprint density at radius 1 is 0.362 bits per heavy atom. The lowest BCUT2D eigenvalue weighted by Crippen LogP contribution is -2.12. The van der Waals surface area contributed by atoms with Crippen LogP contribution in [0.2, 0.25) is 0 Å². The van der Waals surface area contributed by atoms with E-state index in [0.29, 0.717) is 0 Å². The molecule has 0 aliphatic carbocycles. The number of hydrogen-bond donors (Lipinski definition) is 0. The van der Waals surface area contributed by atoms with Crippen molar-refractivity contribution in [2.75, 3.05) is 4.90 Å². The van der Waals surface area contributed by atoms with Gasteiger partial charge in [-0.1, -0.05) is 121 Å². The first-order valence-corrected chi connectivity index (χ1v) is 15.9. The highest BCUT2D eigenvalue weighted by Gasteiger charge is 2.26. The molecule has 0 radical (unpaired) electrons. The highest BCUT2D eigenvalue weighted by Crippen LogP contribution is 2.52. The average Bonchev–Trinajstić information content (AvgIpc) is 3.71. The summed E-state index contributed by atoms with van der Waals surface area (Å²) in [7, 11) is 0. The van der Waals surface area contributed by atoms with Crippen molar-refractivity contribution in [3.05, 3.63) is 164 Å². The first kappa shape index (κ1) is 26.0. The topological polar surface area (TPSA) is 29.5 Å². The molecule has 3 heteroatoms. The van der Waals surface area contributed by atoms with Crippen molar-refractivity contribution in [1.82, 2.24) is 0 Å². The van der Waals surface area contributed by atoms with Crippen molar-refractivity contribution >= 4 is 82.5 Å². The normalized spacial score (nSPS) is 11.8. The molecule has 47 heavy (non-hydrogen) atoms. The van der Waals surface area contributed by atoms with Crippen molar-refractivity contribution in [2.45, 2.75) is 0 Å². The highest BCUT2D eigenvalue weighted by molar-refractivity contribution is 6.24. The smallest absolute Gasteiger partial charge is 0.137 e. The first-order chi connectivity index (χ1) is 23.3. The van der Waals surface area contributed by atoms with Gasteiger partial charge >= 0.3 is 0 Å². The fourth-order valence-electron chi connectivity index (χ4n) is 7.44. The fourth-order valence-corrected chi connectivity index (χ4v) is 7.44. The van der Waals surface area contributed by atoms with Crippen LogP contribution in [0.25, 0.3) is 76.5 Å². The lowest BCUT2D eigenvalue weighted by molar-refractivity contribution is 0.669. The van der Waals surface area contributed by atoms with Gasteiger partial charge < -0.3 is 13.7 Å². The number of benzene rings is 8. The lowest BCUT2D eigenvalue weighted by Gasteiger charge is -2.31. The molecule has 0 atom stereocenters. The van der Waals surface area contributed by atoms with Crippen LogP contribution in [0.1, 0.15) is 0 Å². The third kappa shape index (κ3) is 3.87. The number of nitrogens with zero attached hydrogens (tertiary/aromatic N) is 1. The van der Waals surface area contributed by atoms with Crippen molar-refractivity contribution < 1.29 is 8.83 Å². The minimum Gasteiger partial charge on any atom is -0.456 e. The Morgan fingerprint density at radius 2 is 0.915 bits per heavy atom. The van der Waals surface area contributed by atoms with E-state index in [0.717, 1.165) is 66.5 Å². The van der Waals surface area contributed by atoms with Gasteiger partial charge in [-0.3, -0.25) is 0 Å². The van der Waals surface area contributed by atoms with E-state index in [1.165, 1.54) is 27.1 Å². The zero-order valence-electron chi connectivity index (χ0n) is 25.4. The predicted molar refractivity (Wildman–Crippen MR) is 196 cm³/mol. The van der Waals surface area contributed by atoms with Crippen molar-refractivity contribution in [3.8, 4) is 11.1 Å². The Balaban J connectivity index is 1.41. The molecule has 0 N–H and O–H groups in total. The van der Waals surface area contributed by atoms with E-state index in [-0.39, 0.29) is 0 Å². The van der Waals surface area contributed by atoms with Crippen LogP contribution in [-0.2, 0) is 0 Å². The number of para-hydroxylation sites is 2. The molecule has 2 heterocycles. The minimum absolute atomic E-state index is 0.851. The molecule has 0 saturated heterocycles. The second-order valence-electron chi connectivity index (χ2n) is 12.0. The van der Waals surface area contributed by atoms with Crippen molar-refractivity contribution in [3.63, 3.8) is 0 Å². The van der Waals surface area contributed by atoms with E-state index < -0.39 is 0 Å². The minimum atomic E-state index is 0.851. The maximum Gasteiger partial charge on any atom is 0.137 e. The van der Waals surface area contributed by atoms with Gasteiger partial charge in [-0.05, 0) is 58.1 Å². The van der Waals surface area contributed by atoms with Gasteiger partial charge in [0.05, 0.1) is 16.8 Å². The SMILES string of the molecule is c1ccc(-c2c(N(c3ccc4c(c3)oc3ccccc34)c3cccc4oc5ccccc5c34)c3ccccc3c3ccccc23)cc1. The molecule has 0 unspecified atom stereocenters. The largest absolute Gasteiger partial charge is 0.456 e. The van der Waals surface area contributed by atoms with Gasteiger partial charge in [0.2, 0.25) is 0 Å². The third-order valence-corrected chi connectivity index (χ3v) is 9.43. The number of fused-ring (bicyclic) bond motifs is 9. The number of furan rings is 2. The predicted octanol–water partition coefficient (Wildman–Crippen LogP) is 12.9. The summed E-state index contributed by atoms with van der Waals surface area (Å²) >= 11 is 0. The number of hydrogen-bond acceptors (Lipinski definition) is 3. The summed E-state index contributed by atoms with van der Waals surface area (Å²) in [4.78, 5) is 2.42. The van der Waals surface area contributed by atoms with E-state index in [1.807, 2.05) is 24.3 Å². The van der Waals surface area contributed by atoms with E-state index >= 15 is 0 Å². The summed E-state index contributed by atoms with van der Waals surface area (Å²) in [5, 5.41) is 9.17. The molecule has 0 spiro atoms. The zero-order chi connectivity index (χ0) is 30.9. The molecule has 8 aromatic carbocycles. The van der Waals surface area contributed by atoms with Crippen LogP contribution in [0.15, 0.2) is 173 Å². The molecule has 2 aromatic heterocycles. The molecule has 10 aromatic rings. The Bertz CT molecular complexity index is 2810. The molecule has 0 fully saturated rings. The monoisotopic (exact) mass is 601 g/mol. The molecule has 220 valence electrons. The van der Waals surface area contributed by atoms with Gasteiger partial charge in [-0.15, -0.1) is 0 Å². The quantitative estimate of drug-likeness (QED) is 0.188. The Hall–Kier alpha value is -6.32. The van der Waals surface area contributed by atoms with Crippen molar-refractivity contribution in [1.29, 1.82) is 0 Å². The Labute approximate surface area is 270 Å². The second-order valence-corrected chi connectivity index (χ2v) is 12.0. The van der Waals surface area contributed by atoms with E-state index in [9.17, 15) is 0 Å². The maximum absolute atomic E-state index is 6.49. The second kappa shape index (κ2) is 10.1. The third-order valence-electron chi connectivity index (χ3n) is 9.43. The Kier molecular flexibility index (Phi) is 5.57. The van der Waals surface area contributed by atoms with Crippen LogP contribution >= 0.6 is 0 Å². The van der Waals surface area contributed by atoms with Gasteiger partial charge in [0, 0.05) is 38.9 Å². The summed E-state index contributed by atoms with van der Waals surface area (Å²) in [5.41, 5.74) is 8.95. The molecule has 0 saturated carbocycles. The molecular weight excluding hydrogens is 574 g/mol. The molecule has 0 aliphatic rings. The molecule has 3 nitrogen and oxygen atoms in total. The van der Waals surface area contributed by atoms with Crippen molar-refractivity contribution in [2.24, 2.45) is 0 Å². The summed E-state index contributed by atoms with van der Waals surface area (Å²) in [6.07, 6.45) is 0. The van der Waals surface area contributed by atoms with Crippen LogP contribution in [0.5, 0.6) is 0 Å². The Morgan fingerprint density at radius 3 is 1.70 bits per heavy atom. The van der Waals surface area contributed by atoms with E-state index in [4.69, 9.17) is 8.83 Å². The van der Waals surface area contributed by atoms with Crippen LogP contribution in [0.3, 0.4) is 0 Å². The van der Waals surface area contributed by atoms with E-state index in [1.54, 1.807) is 0 Å². The van der Waals surface area contributed by atoms with Crippen LogP contribution in [-0.4, -0.2) is 0 Å². The summed E-state index contributed by atoms with van der Waals surface area (Å²) in [5.74, 6) is 0. The van der Waals surface area contributed by atoms with Crippen LogP contribution in [0.4, 0.5) is 17.1 Å². The average molecular weight is 602 g/mol. The maximum atomic E-state index is 6.49. The summed E-state index contributed by atoms with van der Waals surface area (Å²) in [6.45, 7) is 0. The molecule has 10 rings (SSSR count). The molecule has 0 bridgehead atoms. The van der Waals surface area contributed by atoms with Gasteiger partial charge in [-0.2, -0.15) is 0 Å². The van der Waals surface area contributed by atoms with Crippen LogP contribution < -0.4 is 4.90 Å². The number of anilines is 3. The van der Waals surface area contributed by atoms with Gasteiger partial charge in [0.15, 0.2) is 0 Å². The summed E-state index contributed by atoms with van der Waals surface area (Å²) in [6, 6.07) is 57.9. The fraction of sp³-hybridized carbons (Fsp3) is 0. The van der Waals surface area contributed by atoms with Gasteiger partial charge in [0.25, 0.3) is 0 Å². The molecule has 0 aliphatic heterocycles. The number of rotatable bonds is 4. The summed E-state index contributed by atoms with van der Waals surface area (Å²) < 4.78 is 12.9. The molecular formula is C44H27NO2. The standard InChI is InChI=1S/C44H27NO2/c1-2-13-28(14-3-1)42-34-18-6-4-15-30(34)31-16-5-7-19-35(31)44(42)45(29-25-26-33-32-17-8-10-22-38(32)47-41(33)27-29)37-21-12-24-40-43(37)36-20-9-11-23-39(36)46-40/h1-27H. The first-order valence-electron chi connectivity index (χ1n) is 15.9. The van der Waals surface area contributed by atoms with Gasteiger partial charge in [-0.25, -0.2) is 0 Å². The zero-order valence-corrected chi connectivity index (χ0v) is 25.4. The highest BCUT2D eigenvalue weighted by atomic mass is 16.3. The van der Waals surface area contributed by atoms with E-state index in [2.05, 4.69) is 144 Å². The van der Waals surface area contributed by atoms with Gasteiger partial charge in [0.1, 0.15) is 22.3 Å². The lowest BCUT2D eigenvalue weighted by atomic mass is 9.90.